The van der Waals surface area contributed by atoms with Gasteiger partial charge in [0.1, 0.15) is 5.69 Å². The van der Waals surface area contributed by atoms with E-state index in [2.05, 4.69) is 4.90 Å². The van der Waals surface area contributed by atoms with Crippen molar-refractivity contribution >= 4 is 47.0 Å². The molecule has 4 heterocycles. The number of hydrogen-bond donors (Lipinski definition) is 1. The number of nitrogen functional groups attached to an aromatic ring is 1. The van der Waals surface area contributed by atoms with E-state index in [1.807, 2.05) is 28.0 Å². The van der Waals surface area contributed by atoms with Crippen LogP contribution in [0.4, 0.5) is 22.7 Å². The molecule has 14 heteroatoms. The first-order valence-corrected chi connectivity index (χ1v) is 15.8. The van der Waals surface area contributed by atoms with Crippen LogP contribution in [0.3, 0.4) is 0 Å². The third-order valence-electron chi connectivity index (χ3n) is 8.69. The molecule has 0 radical (unpaired) electrons. The molecule has 0 aromatic heterocycles. The van der Waals surface area contributed by atoms with Crippen molar-refractivity contribution in [3.63, 3.8) is 0 Å². The molecule has 0 atom stereocenters. The number of nitrogens with two attached hydrogens (primary N) is 1. The molecule has 6 rings (SSSR count). The molecule has 0 aliphatic carbocycles. The van der Waals surface area contributed by atoms with E-state index < -0.39 is 0 Å². The summed E-state index contributed by atoms with van der Waals surface area (Å²) >= 11 is 0. The Morgan fingerprint density at radius 1 is 0.660 bits per heavy atom. The van der Waals surface area contributed by atoms with E-state index in [9.17, 15) is 19.7 Å². The number of morpholine rings is 2. The average molecular weight is 767 g/mol. The van der Waals surface area contributed by atoms with Crippen LogP contribution in [-0.4, -0.2) is 105 Å². The first-order valence-electron chi connectivity index (χ1n) is 15.8. The number of anilines is 3. The van der Waals surface area contributed by atoms with Crippen molar-refractivity contribution in [3.05, 3.63) is 65.1 Å². The third-order valence-corrected chi connectivity index (χ3v) is 8.69. The Hall–Kier alpha value is -2.95. The Balaban J connectivity index is 0.000000308. The van der Waals surface area contributed by atoms with E-state index in [0.29, 0.717) is 63.9 Å². The molecule has 4 fully saturated rings. The fraction of sp³-hybridized carbons (Fsp3) is 0.545. The molecule has 12 nitrogen and oxygen atoms in total. The van der Waals surface area contributed by atoms with Gasteiger partial charge in [0.2, 0.25) is 0 Å². The van der Waals surface area contributed by atoms with Crippen LogP contribution in [0.2, 0.25) is 0 Å². The quantitative estimate of drug-likeness (QED) is 0.152. The molecule has 4 aliphatic heterocycles. The molecular weight excluding hydrogens is 718 g/mol. The molecule has 2 aromatic carbocycles. The molecule has 264 valence electrons. The van der Waals surface area contributed by atoms with E-state index in [0.717, 1.165) is 62.4 Å². The van der Waals surface area contributed by atoms with Gasteiger partial charge in [0.15, 0.2) is 0 Å². The van der Waals surface area contributed by atoms with Crippen molar-refractivity contribution < 1.29 is 44.4 Å². The third kappa shape index (κ3) is 10.5. The Morgan fingerprint density at radius 2 is 1.06 bits per heavy atom. The molecule has 47 heavy (non-hydrogen) atoms. The number of piperidine rings is 2. The van der Waals surface area contributed by atoms with Crippen LogP contribution in [0.1, 0.15) is 59.2 Å². The van der Waals surface area contributed by atoms with Gasteiger partial charge >= 0.3 is 0 Å². The minimum atomic E-state index is -0.368. The predicted octanol–water partition coefficient (Wildman–Crippen LogP) is 4.66. The zero-order valence-electron chi connectivity index (χ0n) is 27.2. The summed E-state index contributed by atoms with van der Waals surface area (Å²) in [5.41, 5.74) is 9.76. The Labute approximate surface area is 298 Å². The fourth-order valence-electron chi connectivity index (χ4n) is 6.18. The summed E-state index contributed by atoms with van der Waals surface area (Å²) in [4.78, 5) is 44.0. The van der Waals surface area contributed by atoms with E-state index >= 15 is 0 Å². The number of nitro groups is 1. The number of nitrogens with zero attached hydrogens (tertiary/aromatic N) is 5. The summed E-state index contributed by atoms with van der Waals surface area (Å²) in [6.07, 6.45) is 6.87. The van der Waals surface area contributed by atoms with Crippen molar-refractivity contribution in [2.45, 2.75) is 38.5 Å². The molecule has 0 unspecified atom stereocenters. The number of carbonyl (C=O) groups excluding carboxylic acids is 2. The number of benzene rings is 2. The fourth-order valence-corrected chi connectivity index (χ4v) is 6.18. The second kappa shape index (κ2) is 19.8. The number of carbonyl (C=O) groups is 2. The Morgan fingerprint density at radius 3 is 1.51 bits per heavy atom. The molecule has 4 saturated heterocycles. The van der Waals surface area contributed by atoms with Gasteiger partial charge in [-0.05, 0) is 68.9 Å². The van der Waals surface area contributed by atoms with Gasteiger partial charge in [-0.15, -0.1) is 12.4 Å². The first-order chi connectivity index (χ1) is 21.4. The Kier molecular flexibility index (Phi) is 16.9. The summed E-state index contributed by atoms with van der Waals surface area (Å²) in [7, 11) is 0. The van der Waals surface area contributed by atoms with E-state index in [-0.39, 0.29) is 62.7 Å². The zero-order valence-corrected chi connectivity index (χ0v) is 29.6. The van der Waals surface area contributed by atoms with Crippen molar-refractivity contribution in [1.82, 2.24) is 9.80 Å². The number of rotatable bonds is 5. The summed E-state index contributed by atoms with van der Waals surface area (Å²) in [6, 6.07) is 10.3. The smallest absolute Gasteiger partial charge is 0.292 e. The van der Waals surface area contributed by atoms with Gasteiger partial charge in [-0.2, -0.15) is 0 Å². The van der Waals surface area contributed by atoms with Crippen LogP contribution in [-0.2, 0) is 29.9 Å². The largest absolute Gasteiger partial charge is 0.397 e. The van der Waals surface area contributed by atoms with Crippen LogP contribution in [0.5, 0.6) is 0 Å². The maximum Gasteiger partial charge on any atom is 0.292 e. The molecule has 0 saturated carbocycles. The Bertz CT molecular complexity index is 1310. The minimum Gasteiger partial charge on any atom is -0.397 e. The van der Waals surface area contributed by atoms with Crippen molar-refractivity contribution in [3.8, 4) is 0 Å². The maximum absolute atomic E-state index is 12.6. The van der Waals surface area contributed by atoms with Gasteiger partial charge in [-0.1, -0.05) is 0 Å². The number of amides is 2. The van der Waals surface area contributed by atoms with Crippen molar-refractivity contribution in [2.75, 3.05) is 94.3 Å². The second-order valence-electron chi connectivity index (χ2n) is 11.6. The first kappa shape index (κ1) is 40.2. The molecule has 0 bridgehead atoms. The second-order valence-corrected chi connectivity index (χ2v) is 11.6. The monoisotopic (exact) mass is 765 g/mol. The number of hydrogen-bond acceptors (Lipinski definition) is 9. The van der Waals surface area contributed by atoms with Crippen LogP contribution in [0.25, 0.3) is 0 Å². The van der Waals surface area contributed by atoms with Crippen LogP contribution < -0.4 is 15.5 Å². The van der Waals surface area contributed by atoms with Gasteiger partial charge in [-0.25, -0.2) is 0 Å². The molecule has 2 aromatic rings. The summed E-state index contributed by atoms with van der Waals surface area (Å²) < 4.78 is 10.6. The standard InChI is InChI=1S/C16H21N3O4.C16H23N3O2.CH3.ClH.Pd/c20-16(18-8-10-23-11-9-18)13-4-5-14(19(21)22)15(12-13)17-6-2-1-3-7-17;17-14-5-4-13(16(20)19-8-10-21-11-9-19)12-15(14)18-6-2-1-3-7-18;;;/h4-5,12H,1-3,6-11H2;4-5,12H,1-3,6-11,17H2;1H3;1H;/q;;-1;;. The van der Waals surface area contributed by atoms with Gasteiger partial charge in [0.25, 0.3) is 17.5 Å². The minimum absolute atomic E-state index is 0. The van der Waals surface area contributed by atoms with E-state index in [4.69, 9.17) is 15.2 Å². The molecular formula is C33H48ClN6O6Pd-. The van der Waals surface area contributed by atoms with E-state index in [1.165, 1.54) is 25.3 Å². The number of halogens is 1. The normalized spacial score (nSPS) is 18.0. The van der Waals surface area contributed by atoms with E-state index in [1.54, 1.807) is 17.0 Å². The van der Waals surface area contributed by atoms with Crippen molar-refractivity contribution in [2.24, 2.45) is 0 Å². The average Bonchev–Trinajstić information content (AvgIpc) is 3.09. The molecule has 4 aliphatic rings. The molecule has 2 N–H and O–H groups in total. The zero-order chi connectivity index (χ0) is 30.9. The number of nitro benzene ring substituents is 1. The predicted molar refractivity (Wildman–Crippen MR) is 183 cm³/mol. The molecule has 2 amide bonds. The van der Waals surface area contributed by atoms with Crippen LogP contribution in [0, 0.1) is 17.5 Å². The summed E-state index contributed by atoms with van der Waals surface area (Å²) in [5, 5.41) is 11.3. The van der Waals surface area contributed by atoms with Gasteiger partial charge < -0.3 is 42.2 Å². The van der Waals surface area contributed by atoms with Crippen LogP contribution >= 0.6 is 12.4 Å². The SMILES string of the molecule is Cl.Nc1ccc(C(=O)N2CCOCC2)cc1N1CCCCC1.O=C(c1ccc([N+](=O)[O-])c(N2CCCCC2)c1)N1CCOCC1.[CH3-].[Pd]. The van der Waals surface area contributed by atoms with Gasteiger partial charge in [0, 0.05) is 90.0 Å². The topological polar surface area (TPSA) is 135 Å². The number of ether oxygens (including phenoxy) is 2. The van der Waals surface area contributed by atoms with Gasteiger partial charge in [-0.3, -0.25) is 19.7 Å². The summed E-state index contributed by atoms with van der Waals surface area (Å²) in [5.74, 6) is -0.00184. The molecule has 0 spiro atoms. The van der Waals surface area contributed by atoms with Crippen LogP contribution in [0.15, 0.2) is 36.4 Å². The van der Waals surface area contributed by atoms with Crippen molar-refractivity contribution in [1.29, 1.82) is 0 Å². The van der Waals surface area contributed by atoms with Gasteiger partial charge in [0.05, 0.1) is 42.7 Å². The summed E-state index contributed by atoms with van der Waals surface area (Å²) in [6.45, 7) is 8.45. The maximum atomic E-state index is 12.6.